The van der Waals surface area contributed by atoms with E-state index >= 15 is 0 Å². The van der Waals surface area contributed by atoms with Gasteiger partial charge in [0.15, 0.2) is 0 Å². The van der Waals surface area contributed by atoms with Crippen molar-refractivity contribution in [2.45, 2.75) is 0 Å². The predicted molar refractivity (Wildman–Crippen MR) is 240 cm³/mol. The lowest BCUT2D eigenvalue weighted by Crippen LogP contribution is -1.92. The molecular weight excluding hydrogens is 705 g/mol. The van der Waals surface area contributed by atoms with Gasteiger partial charge in [-0.2, -0.15) is 0 Å². The Labute approximate surface area is 335 Å². The highest BCUT2D eigenvalue weighted by atomic mass is 14.8. The predicted octanol–water partition coefficient (Wildman–Crippen LogP) is 13.9. The van der Waals surface area contributed by atoms with E-state index in [9.17, 15) is 0 Å². The van der Waals surface area contributed by atoms with Gasteiger partial charge < -0.3 is 0 Å². The van der Waals surface area contributed by atoms with Crippen molar-refractivity contribution in [2.75, 3.05) is 0 Å². The van der Waals surface area contributed by atoms with Gasteiger partial charge in [-0.15, -0.1) is 0 Å². The third-order valence-electron chi connectivity index (χ3n) is 11.1. The number of hydrogen-bond acceptors (Lipinski definition) is 4. The number of hydrogen-bond donors (Lipinski definition) is 0. The molecule has 0 aliphatic rings. The quantitative estimate of drug-likeness (QED) is 0.159. The summed E-state index contributed by atoms with van der Waals surface area (Å²) < 4.78 is 0. The number of fused-ring (bicyclic) bond motifs is 6. The van der Waals surface area contributed by atoms with Crippen LogP contribution in [0.15, 0.2) is 207 Å². The molecule has 0 atom stereocenters. The van der Waals surface area contributed by atoms with E-state index < -0.39 is 0 Å². The van der Waals surface area contributed by atoms with Gasteiger partial charge in [0.2, 0.25) is 0 Å². The van der Waals surface area contributed by atoms with Crippen LogP contribution in [0, 0.1) is 0 Å². The van der Waals surface area contributed by atoms with Crippen molar-refractivity contribution in [3.05, 3.63) is 207 Å². The Kier molecular flexibility index (Phi) is 8.11. The molecule has 4 aromatic heterocycles. The first kappa shape index (κ1) is 33.5. The van der Waals surface area contributed by atoms with Crippen molar-refractivity contribution >= 4 is 43.6 Å². The van der Waals surface area contributed by atoms with E-state index in [0.29, 0.717) is 0 Å². The molecule has 0 saturated heterocycles. The third-order valence-corrected chi connectivity index (χ3v) is 11.1. The highest BCUT2D eigenvalue weighted by Crippen LogP contribution is 2.36. The normalized spacial score (nSPS) is 11.4. The maximum atomic E-state index is 5.22. The van der Waals surface area contributed by atoms with Crippen LogP contribution in [-0.4, -0.2) is 19.9 Å². The number of aromatic nitrogens is 4. The minimum atomic E-state index is 0.891. The molecule has 0 unspecified atom stereocenters. The summed E-state index contributed by atoms with van der Waals surface area (Å²) >= 11 is 0. The lowest BCUT2D eigenvalue weighted by Gasteiger charge is -2.12. The summed E-state index contributed by atoms with van der Waals surface area (Å²) in [6, 6.07) is 68.1. The van der Waals surface area contributed by atoms with Gasteiger partial charge in [-0.05, 0) is 63.7 Å². The van der Waals surface area contributed by atoms with E-state index in [4.69, 9.17) is 19.9 Å². The molecule has 0 amide bonds. The van der Waals surface area contributed by atoms with Gasteiger partial charge in [0.05, 0.1) is 33.5 Å². The first-order valence-corrected chi connectivity index (χ1v) is 19.5. The molecule has 11 rings (SSSR count). The molecule has 58 heavy (non-hydrogen) atoms. The molecule has 0 aliphatic heterocycles. The summed E-state index contributed by atoms with van der Waals surface area (Å²) in [7, 11) is 0. The van der Waals surface area contributed by atoms with Crippen LogP contribution >= 0.6 is 0 Å². The Hall–Kier alpha value is -7.82. The fraction of sp³-hybridized carbons (Fsp3) is 0. The van der Waals surface area contributed by atoms with Gasteiger partial charge >= 0.3 is 0 Å². The smallest absolute Gasteiger partial charge is 0.0972 e. The van der Waals surface area contributed by atoms with Crippen molar-refractivity contribution in [1.29, 1.82) is 0 Å². The van der Waals surface area contributed by atoms with Gasteiger partial charge in [0.1, 0.15) is 0 Å². The Morgan fingerprint density at radius 2 is 0.621 bits per heavy atom. The largest absolute Gasteiger partial charge is 0.253 e. The Bertz CT molecular complexity index is 3120. The molecule has 0 N–H and O–H groups in total. The average Bonchev–Trinajstić information content (AvgIpc) is 3.31. The number of pyridine rings is 4. The molecule has 0 bridgehead atoms. The Morgan fingerprint density at radius 1 is 0.241 bits per heavy atom. The molecule has 7 aromatic carbocycles. The van der Waals surface area contributed by atoms with E-state index in [2.05, 4.69) is 182 Å². The third kappa shape index (κ3) is 5.96. The molecule has 0 fully saturated rings. The zero-order chi connectivity index (χ0) is 38.4. The standard InChI is InChI=1S/C54H34N4/c1-3-12-35(13-4-1)45-18-7-9-20-47(45)49-28-26-37-22-24-41-31-43(33-55-51(41)53(37)57-49)39-16-11-17-40(30-39)44-32-42-25-23-38-27-29-50(58-54(38)52(42)56-34-44)48-21-10-8-19-46(48)36-14-5-2-6-15-36/h1-34H. The van der Waals surface area contributed by atoms with Crippen molar-refractivity contribution in [1.82, 2.24) is 19.9 Å². The summed E-state index contributed by atoms with van der Waals surface area (Å²) in [5, 5.41) is 4.23. The minimum absolute atomic E-state index is 0.891. The molecule has 4 nitrogen and oxygen atoms in total. The monoisotopic (exact) mass is 738 g/mol. The van der Waals surface area contributed by atoms with Crippen molar-refractivity contribution in [3.63, 3.8) is 0 Å². The zero-order valence-electron chi connectivity index (χ0n) is 31.4. The van der Waals surface area contributed by atoms with Crippen molar-refractivity contribution in [3.8, 4) is 67.0 Å². The maximum Gasteiger partial charge on any atom is 0.0972 e. The second kappa shape index (κ2) is 14.0. The van der Waals surface area contributed by atoms with Crippen molar-refractivity contribution in [2.24, 2.45) is 0 Å². The van der Waals surface area contributed by atoms with Crippen LogP contribution in [0.4, 0.5) is 0 Å². The summed E-state index contributed by atoms with van der Waals surface area (Å²) in [4.78, 5) is 20.5. The summed E-state index contributed by atoms with van der Waals surface area (Å²) in [6.45, 7) is 0. The van der Waals surface area contributed by atoms with Gasteiger partial charge in [0.25, 0.3) is 0 Å². The van der Waals surface area contributed by atoms with Crippen LogP contribution in [0.5, 0.6) is 0 Å². The SMILES string of the molecule is c1ccc(-c2ccccc2-c2ccc3ccc4cc(-c5cccc(-c6cnc7c(ccc8ccc(-c9ccccc9-c9ccccc9)nc87)c6)c5)cnc4c3n2)cc1. The zero-order valence-corrected chi connectivity index (χ0v) is 31.4. The molecule has 0 aliphatic carbocycles. The van der Waals surface area contributed by atoms with E-state index in [0.717, 1.165) is 99.5 Å². The molecule has 0 spiro atoms. The molecular formula is C54H34N4. The van der Waals surface area contributed by atoms with E-state index in [-0.39, 0.29) is 0 Å². The van der Waals surface area contributed by atoms with E-state index in [1.165, 1.54) is 11.1 Å². The van der Waals surface area contributed by atoms with Crippen LogP contribution < -0.4 is 0 Å². The summed E-state index contributed by atoms with van der Waals surface area (Å²) in [5.74, 6) is 0. The number of nitrogens with zero attached hydrogens (tertiary/aromatic N) is 4. The van der Waals surface area contributed by atoms with Crippen LogP contribution in [0.25, 0.3) is 111 Å². The highest BCUT2D eigenvalue weighted by molar-refractivity contribution is 6.06. The topological polar surface area (TPSA) is 51.6 Å². The van der Waals surface area contributed by atoms with Crippen LogP contribution in [0.2, 0.25) is 0 Å². The lowest BCUT2D eigenvalue weighted by molar-refractivity contribution is 1.36. The Morgan fingerprint density at radius 3 is 1.09 bits per heavy atom. The lowest BCUT2D eigenvalue weighted by atomic mass is 9.96. The highest BCUT2D eigenvalue weighted by Gasteiger charge is 2.14. The van der Waals surface area contributed by atoms with Gasteiger partial charge in [-0.3, -0.25) is 9.97 Å². The molecule has 11 aromatic rings. The molecule has 4 heterocycles. The van der Waals surface area contributed by atoms with Gasteiger partial charge in [0, 0.05) is 56.2 Å². The second-order valence-corrected chi connectivity index (χ2v) is 14.7. The molecule has 0 radical (unpaired) electrons. The first-order chi connectivity index (χ1) is 28.7. The van der Waals surface area contributed by atoms with Crippen LogP contribution in [-0.2, 0) is 0 Å². The van der Waals surface area contributed by atoms with Gasteiger partial charge in [-0.1, -0.05) is 164 Å². The fourth-order valence-corrected chi connectivity index (χ4v) is 8.21. The Balaban J connectivity index is 0.936. The minimum Gasteiger partial charge on any atom is -0.253 e. The summed E-state index contributed by atoms with van der Waals surface area (Å²) in [6.07, 6.45) is 3.94. The van der Waals surface area contributed by atoms with E-state index in [1.807, 2.05) is 24.5 Å². The number of benzene rings is 7. The first-order valence-electron chi connectivity index (χ1n) is 19.5. The van der Waals surface area contributed by atoms with Crippen LogP contribution in [0.1, 0.15) is 0 Å². The van der Waals surface area contributed by atoms with Crippen LogP contribution in [0.3, 0.4) is 0 Å². The fourth-order valence-electron chi connectivity index (χ4n) is 8.21. The van der Waals surface area contributed by atoms with E-state index in [1.54, 1.807) is 0 Å². The number of rotatable bonds is 6. The summed E-state index contributed by atoms with van der Waals surface area (Å²) in [5.41, 5.74) is 16.6. The second-order valence-electron chi connectivity index (χ2n) is 14.7. The maximum absolute atomic E-state index is 5.22. The average molecular weight is 739 g/mol. The molecule has 270 valence electrons. The van der Waals surface area contributed by atoms with Gasteiger partial charge in [-0.25, -0.2) is 9.97 Å². The molecule has 4 heteroatoms. The molecule has 0 saturated carbocycles. The van der Waals surface area contributed by atoms with Crippen molar-refractivity contribution < 1.29 is 0 Å².